The first-order chi connectivity index (χ1) is 11.5. The van der Waals surface area contributed by atoms with E-state index in [1.807, 2.05) is 31.2 Å². The summed E-state index contributed by atoms with van der Waals surface area (Å²) in [6.45, 7) is 10.1. The van der Waals surface area contributed by atoms with Crippen LogP contribution in [0.25, 0.3) is 0 Å². The highest BCUT2D eigenvalue weighted by atomic mass is 16.5. The van der Waals surface area contributed by atoms with Gasteiger partial charge in [-0.25, -0.2) is 0 Å². The number of amides is 1. The summed E-state index contributed by atoms with van der Waals surface area (Å²) in [6, 6.07) is 12.0. The molecule has 24 heavy (non-hydrogen) atoms. The molecule has 0 aromatic heterocycles. The number of carbonyl (C=O) groups is 1. The van der Waals surface area contributed by atoms with E-state index in [0.29, 0.717) is 0 Å². The lowest BCUT2D eigenvalue weighted by molar-refractivity contribution is -0.122. The molecule has 2 aromatic carbocycles. The second-order valence-corrected chi connectivity index (χ2v) is 6.15. The predicted molar refractivity (Wildman–Crippen MR) is 99.8 cm³/mol. The molecule has 1 atom stereocenters. The number of para-hydroxylation sites is 1. The van der Waals surface area contributed by atoms with Crippen LogP contribution < -0.4 is 10.1 Å². The number of rotatable bonds is 6. The molecule has 0 aliphatic carbocycles. The summed E-state index contributed by atoms with van der Waals surface area (Å²) in [7, 11) is 0. The first kappa shape index (κ1) is 18.1. The molecular weight excluding hydrogens is 298 g/mol. The topological polar surface area (TPSA) is 38.3 Å². The van der Waals surface area contributed by atoms with E-state index < -0.39 is 6.10 Å². The Labute approximate surface area is 145 Å². The van der Waals surface area contributed by atoms with Gasteiger partial charge in [-0.05, 0) is 68.0 Å². The Kier molecular flexibility index (Phi) is 6.02. The molecule has 0 aliphatic rings. The van der Waals surface area contributed by atoms with Crippen LogP contribution in [-0.2, 0) is 17.6 Å². The smallest absolute Gasteiger partial charge is 0.265 e. The van der Waals surface area contributed by atoms with Crippen LogP contribution in [0, 0.1) is 13.8 Å². The average molecular weight is 325 g/mol. The first-order valence-corrected chi connectivity index (χ1v) is 8.61. The van der Waals surface area contributed by atoms with E-state index in [4.69, 9.17) is 4.74 Å². The molecule has 3 nitrogen and oxygen atoms in total. The minimum Gasteiger partial charge on any atom is -0.481 e. The molecule has 1 N–H and O–H groups in total. The minimum atomic E-state index is -0.554. The van der Waals surface area contributed by atoms with E-state index in [9.17, 15) is 4.79 Å². The number of nitrogens with one attached hydrogen (secondary N) is 1. The quantitative estimate of drug-likeness (QED) is 0.826. The fraction of sp³-hybridized carbons (Fsp3) is 0.381. The second kappa shape index (κ2) is 8.00. The zero-order chi connectivity index (χ0) is 17.7. The Morgan fingerprint density at radius 1 is 1.04 bits per heavy atom. The van der Waals surface area contributed by atoms with Gasteiger partial charge in [-0.15, -0.1) is 0 Å². The second-order valence-electron chi connectivity index (χ2n) is 6.15. The first-order valence-electron chi connectivity index (χ1n) is 8.61. The third kappa shape index (κ3) is 4.16. The molecule has 0 saturated carbocycles. The highest BCUT2D eigenvalue weighted by Crippen LogP contribution is 2.23. The Balaban J connectivity index is 2.13. The molecule has 2 aromatic rings. The molecule has 0 saturated heterocycles. The van der Waals surface area contributed by atoms with Crippen molar-refractivity contribution >= 4 is 11.6 Å². The Morgan fingerprint density at radius 2 is 1.67 bits per heavy atom. The van der Waals surface area contributed by atoms with Crippen molar-refractivity contribution in [2.45, 2.75) is 53.6 Å². The lowest BCUT2D eigenvalue weighted by Gasteiger charge is -2.19. The summed E-state index contributed by atoms with van der Waals surface area (Å²) in [4.78, 5) is 12.6. The van der Waals surface area contributed by atoms with Crippen LogP contribution >= 0.6 is 0 Å². The minimum absolute atomic E-state index is 0.121. The number of aryl methyl sites for hydroxylation is 4. The van der Waals surface area contributed by atoms with E-state index >= 15 is 0 Å². The number of ether oxygens (including phenoxy) is 1. The van der Waals surface area contributed by atoms with Gasteiger partial charge in [0.2, 0.25) is 0 Å². The van der Waals surface area contributed by atoms with Crippen LogP contribution in [0.3, 0.4) is 0 Å². The maximum absolute atomic E-state index is 12.6. The molecule has 3 heteroatoms. The highest BCUT2D eigenvalue weighted by Gasteiger charge is 2.17. The zero-order valence-corrected chi connectivity index (χ0v) is 15.3. The van der Waals surface area contributed by atoms with Crippen molar-refractivity contribution in [1.82, 2.24) is 0 Å². The maximum atomic E-state index is 12.6. The van der Waals surface area contributed by atoms with E-state index in [1.165, 1.54) is 5.56 Å². The van der Waals surface area contributed by atoms with Gasteiger partial charge in [0.15, 0.2) is 6.10 Å². The summed E-state index contributed by atoms with van der Waals surface area (Å²) in [5, 5.41) is 3.06. The summed E-state index contributed by atoms with van der Waals surface area (Å²) in [6.07, 6.45) is 1.22. The van der Waals surface area contributed by atoms with Crippen molar-refractivity contribution in [2.75, 3.05) is 5.32 Å². The molecule has 0 heterocycles. The van der Waals surface area contributed by atoms with Crippen LogP contribution in [0.4, 0.5) is 5.69 Å². The molecule has 128 valence electrons. The Bertz CT molecular complexity index is 700. The van der Waals surface area contributed by atoms with Gasteiger partial charge in [0.05, 0.1) is 0 Å². The van der Waals surface area contributed by atoms with E-state index in [0.717, 1.165) is 41.0 Å². The number of carbonyl (C=O) groups excluding carboxylic acids is 1. The third-order valence-electron chi connectivity index (χ3n) is 4.41. The molecule has 0 radical (unpaired) electrons. The summed E-state index contributed by atoms with van der Waals surface area (Å²) >= 11 is 0. The molecule has 0 aliphatic heterocycles. The van der Waals surface area contributed by atoms with Gasteiger partial charge in [-0.1, -0.05) is 38.1 Å². The summed E-state index contributed by atoms with van der Waals surface area (Å²) < 4.78 is 5.82. The predicted octanol–water partition coefficient (Wildman–Crippen LogP) is 4.83. The van der Waals surface area contributed by atoms with Crippen molar-refractivity contribution in [2.24, 2.45) is 0 Å². The number of hydrogen-bond donors (Lipinski definition) is 1. The van der Waals surface area contributed by atoms with Crippen molar-refractivity contribution in [3.63, 3.8) is 0 Å². The maximum Gasteiger partial charge on any atom is 0.265 e. The van der Waals surface area contributed by atoms with Crippen LogP contribution in [-0.4, -0.2) is 12.0 Å². The number of hydrogen-bond acceptors (Lipinski definition) is 2. The van der Waals surface area contributed by atoms with Gasteiger partial charge < -0.3 is 10.1 Å². The van der Waals surface area contributed by atoms with E-state index in [2.05, 4.69) is 38.2 Å². The van der Waals surface area contributed by atoms with Crippen LogP contribution in [0.1, 0.15) is 43.0 Å². The van der Waals surface area contributed by atoms with Crippen molar-refractivity contribution in [3.8, 4) is 5.75 Å². The van der Waals surface area contributed by atoms with E-state index in [1.54, 1.807) is 6.92 Å². The van der Waals surface area contributed by atoms with Crippen LogP contribution in [0.2, 0.25) is 0 Å². The van der Waals surface area contributed by atoms with Crippen molar-refractivity contribution in [1.29, 1.82) is 0 Å². The lowest BCUT2D eigenvalue weighted by Crippen LogP contribution is -2.31. The zero-order valence-electron chi connectivity index (χ0n) is 15.3. The van der Waals surface area contributed by atoms with Crippen molar-refractivity contribution < 1.29 is 9.53 Å². The van der Waals surface area contributed by atoms with Gasteiger partial charge in [-0.3, -0.25) is 4.79 Å². The highest BCUT2D eigenvalue weighted by molar-refractivity contribution is 5.95. The molecule has 1 unspecified atom stereocenters. The number of anilines is 1. The molecular formula is C21H27NO2. The van der Waals surface area contributed by atoms with Gasteiger partial charge >= 0.3 is 0 Å². The van der Waals surface area contributed by atoms with Crippen LogP contribution in [0.5, 0.6) is 5.75 Å². The fourth-order valence-corrected chi connectivity index (χ4v) is 2.67. The monoisotopic (exact) mass is 325 g/mol. The van der Waals surface area contributed by atoms with Crippen LogP contribution in [0.15, 0.2) is 36.4 Å². The Morgan fingerprint density at radius 3 is 2.21 bits per heavy atom. The average Bonchev–Trinajstić information content (AvgIpc) is 2.58. The Hall–Kier alpha value is -2.29. The molecule has 2 rings (SSSR count). The normalized spacial score (nSPS) is 11.9. The van der Waals surface area contributed by atoms with Gasteiger partial charge in [-0.2, -0.15) is 0 Å². The molecule has 0 fully saturated rings. The van der Waals surface area contributed by atoms with E-state index in [-0.39, 0.29) is 5.91 Å². The summed E-state index contributed by atoms with van der Waals surface area (Å²) in [5.74, 6) is 0.601. The summed E-state index contributed by atoms with van der Waals surface area (Å²) in [5.41, 5.74) is 5.61. The third-order valence-corrected chi connectivity index (χ3v) is 4.41. The lowest BCUT2D eigenvalue weighted by atomic mass is 10.0. The number of benzene rings is 2. The SMILES string of the molecule is CCc1cccc(CC)c1NC(=O)C(C)Oc1ccc(C)c(C)c1. The fourth-order valence-electron chi connectivity index (χ4n) is 2.67. The molecule has 0 bridgehead atoms. The standard InChI is InChI=1S/C21H27NO2/c1-6-17-9-8-10-18(7-2)20(17)22-21(23)16(5)24-19-12-11-14(3)15(4)13-19/h8-13,16H,6-7H2,1-5H3,(H,22,23). The van der Waals surface area contributed by atoms with Gasteiger partial charge in [0.1, 0.15) is 5.75 Å². The molecule has 0 spiro atoms. The van der Waals surface area contributed by atoms with Gasteiger partial charge in [0, 0.05) is 5.69 Å². The largest absolute Gasteiger partial charge is 0.481 e. The van der Waals surface area contributed by atoms with Crippen molar-refractivity contribution in [3.05, 3.63) is 58.7 Å². The molecule has 1 amide bonds. The van der Waals surface area contributed by atoms with Gasteiger partial charge in [0.25, 0.3) is 5.91 Å².